The summed E-state index contributed by atoms with van der Waals surface area (Å²) < 4.78 is 0. The second kappa shape index (κ2) is 9.03. The van der Waals surface area contributed by atoms with Gasteiger partial charge in [-0.05, 0) is 12.0 Å². The zero-order chi connectivity index (χ0) is 14.3. The van der Waals surface area contributed by atoms with Crippen molar-refractivity contribution in [1.82, 2.24) is 11.1 Å². The van der Waals surface area contributed by atoms with Crippen LogP contribution in [0.3, 0.4) is 0 Å². The number of aliphatic hydroxyl groups is 1. The second-order valence-corrected chi connectivity index (χ2v) is 3.57. The molecule has 0 radical (unpaired) electrons. The van der Waals surface area contributed by atoms with Crippen molar-refractivity contribution < 1.29 is 34.8 Å². The van der Waals surface area contributed by atoms with E-state index >= 15 is 0 Å². The first-order valence-electron chi connectivity index (χ1n) is 4.98. The first kappa shape index (κ1) is 19.4. The molecule has 19 heavy (non-hydrogen) atoms. The van der Waals surface area contributed by atoms with Crippen molar-refractivity contribution in [2.75, 3.05) is 19.7 Å². The number of carbonyl (C=O) groups is 3. The lowest BCUT2D eigenvalue weighted by molar-refractivity contribution is -0.147. The fourth-order valence-corrected chi connectivity index (χ4v) is 1.46. The Morgan fingerprint density at radius 3 is 1.74 bits per heavy atom. The highest BCUT2D eigenvalue weighted by molar-refractivity contribution is 5.80. The number of carboxylic acids is 3. The molecular weight excluding hydrogens is 260 g/mol. The Labute approximate surface area is 109 Å². The molecule has 1 unspecified atom stereocenters. The average Bonchev–Trinajstić information content (AvgIpc) is 2.14. The maximum absolute atomic E-state index is 11.1. The second-order valence-electron chi connectivity index (χ2n) is 3.57. The van der Waals surface area contributed by atoms with Crippen molar-refractivity contribution in [2.45, 2.75) is 12.5 Å². The minimum Gasteiger partial charge on any atom is -0.480 e. The molecular formula is C10H18N2O7. The Balaban J connectivity index is 0. The van der Waals surface area contributed by atoms with Gasteiger partial charge in [0.25, 0.3) is 0 Å². The van der Waals surface area contributed by atoms with Gasteiger partial charge in [0, 0.05) is 6.61 Å². The molecule has 7 N–H and O–H groups in total. The maximum Gasteiger partial charge on any atom is 0.325 e. The summed E-state index contributed by atoms with van der Waals surface area (Å²) in [7, 11) is 0. The molecule has 0 amide bonds. The molecule has 9 heteroatoms. The minimum absolute atomic E-state index is 0. The summed E-state index contributed by atoms with van der Waals surface area (Å²) in [6, 6.07) is -1.45. The van der Waals surface area contributed by atoms with E-state index in [1.54, 1.807) is 0 Å². The summed E-state index contributed by atoms with van der Waals surface area (Å²) >= 11 is 0. The normalized spacial score (nSPS) is 11.5. The molecule has 0 rings (SSSR count). The van der Waals surface area contributed by atoms with Gasteiger partial charge in [-0.15, -0.1) is 0 Å². The van der Waals surface area contributed by atoms with Crippen LogP contribution in [0.4, 0.5) is 0 Å². The third-order valence-corrected chi connectivity index (χ3v) is 2.10. The van der Waals surface area contributed by atoms with Gasteiger partial charge >= 0.3 is 17.9 Å². The molecule has 0 aromatic carbocycles. The smallest absolute Gasteiger partial charge is 0.325 e. The van der Waals surface area contributed by atoms with Crippen LogP contribution in [-0.2, 0) is 14.4 Å². The Kier molecular flexibility index (Phi) is 9.20. The number of hydrogen-bond donors (Lipinski definition) is 5. The SMILES string of the molecule is C=C(CCO)C(C(=O)O)N(CC(=O)O)CC(=O)O.N. The van der Waals surface area contributed by atoms with Crippen molar-refractivity contribution in [2.24, 2.45) is 0 Å². The summed E-state index contributed by atoms with van der Waals surface area (Å²) in [5.41, 5.74) is 0.0486. The van der Waals surface area contributed by atoms with Crippen LogP contribution in [0, 0.1) is 0 Å². The molecule has 9 nitrogen and oxygen atoms in total. The van der Waals surface area contributed by atoms with E-state index < -0.39 is 37.0 Å². The van der Waals surface area contributed by atoms with E-state index in [1.807, 2.05) is 0 Å². The molecule has 0 fully saturated rings. The fourth-order valence-electron chi connectivity index (χ4n) is 1.46. The Bertz CT molecular complexity index is 340. The van der Waals surface area contributed by atoms with Gasteiger partial charge in [-0.1, -0.05) is 6.58 Å². The molecule has 0 saturated heterocycles. The topological polar surface area (TPSA) is 170 Å². The van der Waals surface area contributed by atoms with Gasteiger partial charge in [0.05, 0.1) is 13.1 Å². The molecule has 1 atom stereocenters. The molecule has 0 aliphatic heterocycles. The third-order valence-electron chi connectivity index (χ3n) is 2.10. The predicted molar refractivity (Wildman–Crippen MR) is 64.1 cm³/mol. The fraction of sp³-hybridized carbons (Fsp3) is 0.500. The molecule has 0 bridgehead atoms. The van der Waals surface area contributed by atoms with Crippen molar-refractivity contribution in [3.05, 3.63) is 12.2 Å². The summed E-state index contributed by atoms with van der Waals surface area (Å²) in [5.74, 6) is -4.10. The highest BCUT2D eigenvalue weighted by atomic mass is 16.4. The Morgan fingerprint density at radius 2 is 1.47 bits per heavy atom. The van der Waals surface area contributed by atoms with Crippen LogP contribution in [0.2, 0.25) is 0 Å². The minimum atomic E-state index is -1.45. The van der Waals surface area contributed by atoms with Gasteiger partial charge < -0.3 is 26.6 Å². The Morgan fingerprint density at radius 1 is 1.05 bits per heavy atom. The van der Waals surface area contributed by atoms with E-state index in [4.69, 9.17) is 20.4 Å². The largest absolute Gasteiger partial charge is 0.480 e. The Hall–Kier alpha value is -1.97. The quantitative estimate of drug-likeness (QED) is 0.332. The average molecular weight is 278 g/mol. The van der Waals surface area contributed by atoms with Crippen LogP contribution in [0.25, 0.3) is 0 Å². The molecule has 0 aliphatic carbocycles. The van der Waals surface area contributed by atoms with E-state index in [0.717, 1.165) is 4.90 Å². The lowest BCUT2D eigenvalue weighted by Crippen LogP contribution is -2.47. The number of carboxylic acid groups (broad SMARTS) is 3. The maximum atomic E-state index is 11.1. The number of hydrogen-bond acceptors (Lipinski definition) is 6. The van der Waals surface area contributed by atoms with E-state index in [2.05, 4.69) is 6.58 Å². The van der Waals surface area contributed by atoms with Gasteiger partial charge in [-0.3, -0.25) is 19.3 Å². The molecule has 0 spiro atoms. The molecule has 0 aromatic rings. The first-order chi connectivity index (χ1) is 8.29. The van der Waals surface area contributed by atoms with Gasteiger partial charge in [0.15, 0.2) is 0 Å². The summed E-state index contributed by atoms with van der Waals surface area (Å²) in [5, 5.41) is 35.0. The molecule has 0 heterocycles. The number of nitrogens with zero attached hydrogens (tertiary/aromatic N) is 1. The van der Waals surface area contributed by atoms with E-state index in [0.29, 0.717) is 0 Å². The lowest BCUT2D eigenvalue weighted by Gasteiger charge is -2.27. The standard InChI is InChI=1S/C10H15NO7.H3N/c1-6(2-3-12)9(10(17)18)11(4-7(13)14)5-8(15)16;/h9,12H,1-5H2,(H,13,14)(H,15,16)(H,17,18);1H3. The zero-order valence-electron chi connectivity index (χ0n) is 10.3. The van der Waals surface area contributed by atoms with Crippen LogP contribution in [0.1, 0.15) is 6.42 Å². The first-order valence-corrected chi connectivity index (χ1v) is 4.98. The van der Waals surface area contributed by atoms with Crippen molar-refractivity contribution in [1.29, 1.82) is 0 Å². The van der Waals surface area contributed by atoms with Crippen LogP contribution in [0.5, 0.6) is 0 Å². The summed E-state index contributed by atoms with van der Waals surface area (Å²) in [4.78, 5) is 33.0. The molecule has 110 valence electrons. The van der Waals surface area contributed by atoms with Crippen LogP contribution >= 0.6 is 0 Å². The lowest BCUT2D eigenvalue weighted by atomic mass is 10.0. The van der Waals surface area contributed by atoms with Crippen molar-refractivity contribution in [3.63, 3.8) is 0 Å². The van der Waals surface area contributed by atoms with Crippen molar-refractivity contribution in [3.8, 4) is 0 Å². The highest BCUT2D eigenvalue weighted by Crippen LogP contribution is 2.13. The van der Waals surface area contributed by atoms with E-state index in [1.165, 1.54) is 0 Å². The molecule has 0 saturated carbocycles. The summed E-state index contributed by atoms with van der Waals surface area (Å²) in [6.45, 7) is 1.60. The van der Waals surface area contributed by atoms with E-state index in [-0.39, 0.29) is 24.8 Å². The highest BCUT2D eigenvalue weighted by Gasteiger charge is 2.30. The van der Waals surface area contributed by atoms with Gasteiger partial charge in [0.2, 0.25) is 0 Å². The zero-order valence-corrected chi connectivity index (χ0v) is 10.3. The van der Waals surface area contributed by atoms with E-state index in [9.17, 15) is 14.4 Å². The predicted octanol–water partition coefficient (Wildman–Crippen LogP) is -0.989. The van der Waals surface area contributed by atoms with Crippen molar-refractivity contribution >= 4 is 17.9 Å². The molecule has 0 aliphatic rings. The van der Waals surface area contributed by atoms with Crippen LogP contribution < -0.4 is 6.15 Å². The van der Waals surface area contributed by atoms with Gasteiger partial charge in [-0.25, -0.2) is 0 Å². The van der Waals surface area contributed by atoms with Crippen LogP contribution in [0.15, 0.2) is 12.2 Å². The summed E-state index contributed by atoms with van der Waals surface area (Å²) in [6.07, 6.45) is -0.0489. The monoisotopic (exact) mass is 278 g/mol. The van der Waals surface area contributed by atoms with Crippen LogP contribution in [-0.4, -0.2) is 69.0 Å². The van der Waals surface area contributed by atoms with Gasteiger partial charge in [0.1, 0.15) is 6.04 Å². The number of aliphatic hydroxyl groups excluding tert-OH is 1. The third kappa shape index (κ3) is 7.13. The van der Waals surface area contributed by atoms with Gasteiger partial charge in [-0.2, -0.15) is 0 Å². The number of aliphatic carboxylic acids is 3. The molecule has 0 aromatic heterocycles. The number of rotatable bonds is 9.